The van der Waals surface area contributed by atoms with Crippen molar-refractivity contribution in [1.29, 1.82) is 0 Å². The summed E-state index contributed by atoms with van der Waals surface area (Å²) in [6.45, 7) is 1.08. The molecule has 1 aliphatic rings. The Bertz CT molecular complexity index is 727. The van der Waals surface area contributed by atoms with E-state index in [9.17, 15) is 8.42 Å². The summed E-state index contributed by atoms with van der Waals surface area (Å²) in [6, 6.07) is 5.41. The van der Waals surface area contributed by atoms with Crippen LogP contribution in [0.5, 0.6) is 11.5 Å². The topological polar surface area (TPSA) is 92.3 Å². The van der Waals surface area contributed by atoms with Crippen molar-refractivity contribution < 1.29 is 17.9 Å². The molecule has 1 atom stereocenters. The Morgan fingerprint density at radius 2 is 2.00 bits per heavy atom. The van der Waals surface area contributed by atoms with Crippen molar-refractivity contribution >= 4 is 45.6 Å². The van der Waals surface area contributed by atoms with Crippen molar-refractivity contribution in [2.45, 2.75) is 18.9 Å². The Balaban J connectivity index is 0.00000338. The number of rotatable bonds is 6. The molecule has 0 aliphatic carbocycles. The Labute approximate surface area is 172 Å². The number of aliphatic imine (C=N–C) groups is 1. The molecule has 1 heterocycles. The Kier molecular flexibility index (Phi) is 8.90. The van der Waals surface area contributed by atoms with Gasteiger partial charge in [-0.3, -0.25) is 4.99 Å². The maximum absolute atomic E-state index is 11.8. The number of methoxy groups -OCH3 is 2. The summed E-state index contributed by atoms with van der Waals surface area (Å²) in [6.07, 6.45) is 2.97. The Morgan fingerprint density at radius 1 is 1.31 bits per heavy atom. The molecule has 0 saturated carbocycles. The predicted octanol–water partition coefficient (Wildman–Crippen LogP) is 1.73. The first-order chi connectivity index (χ1) is 11.9. The number of nitrogens with zero attached hydrogens (tertiary/aromatic N) is 2. The van der Waals surface area contributed by atoms with Gasteiger partial charge in [0.25, 0.3) is 0 Å². The lowest BCUT2D eigenvalue weighted by molar-refractivity contribution is 0.355. The molecule has 1 fully saturated rings. The lowest BCUT2D eigenvalue weighted by atomic mass is 10.2. The van der Waals surface area contributed by atoms with Crippen LogP contribution < -0.4 is 20.1 Å². The number of benzene rings is 1. The van der Waals surface area contributed by atoms with E-state index in [1.54, 1.807) is 31.6 Å². The first-order valence-electron chi connectivity index (χ1n) is 8.05. The molecule has 0 bridgehead atoms. The van der Waals surface area contributed by atoms with Crippen molar-refractivity contribution in [3.05, 3.63) is 18.2 Å². The molecule has 0 aromatic heterocycles. The van der Waals surface area contributed by atoms with E-state index >= 15 is 0 Å². The summed E-state index contributed by atoms with van der Waals surface area (Å²) in [7, 11) is 1.65. The van der Waals surface area contributed by atoms with Crippen LogP contribution in [0.2, 0.25) is 0 Å². The standard InChI is InChI=1S/C16H26N4O4S.HI/c1-17-16(18-11-13-6-5-9-20(13)25(4,21)22)19-12-7-8-14(23-2)15(10-12)24-3;/h7-8,10,13H,5-6,9,11H2,1-4H3,(H2,17,18,19);1H/t13-;/m1./s1. The average Bonchev–Trinajstić information content (AvgIpc) is 3.07. The first kappa shape index (κ1) is 22.8. The minimum Gasteiger partial charge on any atom is -0.493 e. The molecule has 1 aliphatic heterocycles. The van der Waals surface area contributed by atoms with E-state index < -0.39 is 10.0 Å². The maximum Gasteiger partial charge on any atom is 0.211 e. The Hall–Kier alpha value is -1.27. The fraction of sp³-hybridized carbons (Fsp3) is 0.562. The van der Waals surface area contributed by atoms with E-state index in [1.165, 1.54) is 6.26 Å². The van der Waals surface area contributed by atoms with Crippen molar-refractivity contribution in [3.8, 4) is 11.5 Å². The van der Waals surface area contributed by atoms with Gasteiger partial charge in [0.2, 0.25) is 10.0 Å². The molecule has 8 nitrogen and oxygen atoms in total. The monoisotopic (exact) mass is 498 g/mol. The van der Waals surface area contributed by atoms with Gasteiger partial charge >= 0.3 is 0 Å². The van der Waals surface area contributed by atoms with Gasteiger partial charge in [-0.15, -0.1) is 24.0 Å². The average molecular weight is 498 g/mol. The summed E-state index contributed by atoms with van der Waals surface area (Å²) in [5.41, 5.74) is 0.789. The third-order valence-electron chi connectivity index (χ3n) is 4.12. The quantitative estimate of drug-likeness (QED) is 0.353. The van der Waals surface area contributed by atoms with E-state index in [4.69, 9.17) is 9.47 Å². The van der Waals surface area contributed by atoms with Crippen molar-refractivity contribution in [2.75, 3.05) is 45.9 Å². The summed E-state index contributed by atoms with van der Waals surface area (Å²) >= 11 is 0. The van der Waals surface area contributed by atoms with Gasteiger partial charge in [-0.2, -0.15) is 4.31 Å². The highest BCUT2D eigenvalue weighted by atomic mass is 127. The zero-order valence-corrected chi connectivity index (χ0v) is 18.6. The number of guanidine groups is 1. The molecule has 1 aromatic carbocycles. The van der Waals surface area contributed by atoms with E-state index in [1.807, 2.05) is 12.1 Å². The largest absolute Gasteiger partial charge is 0.493 e. The molecule has 1 aromatic rings. The molecule has 26 heavy (non-hydrogen) atoms. The number of sulfonamides is 1. The summed E-state index contributed by atoms with van der Waals surface area (Å²) < 4.78 is 35.7. The molecule has 2 rings (SSSR count). The molecule has 148 valence electrons. The fourth-order valence-corrected chi connectivity index (χ4v) is 4.08. The number of hydrogen-bond acceptors (Lipinski definition) is 5. The van der Waals surface area contributed by atoms with Gasteiger partial charge in [-0.1, -0.05) is 0 Å². The van der Waals surface area contributed by atoms with E-state index in [0.717, 1.165) is 18.5 Å². The van der Waals surface area contributed by atoms with Crippen LogP contribution in [0, 0.1) is 0 Å². The van der Waals surface area contributed by atoms with Gasteiger partial charge in [0.05, 0.1) is 20.5 Å². The molecule has 1 saturated heterocycles. The van der Waals surface area contributed by atoms with E-state index in [2.05, 4.69) is 15.6 Å². The summed E-state index contributed by atoms with van der Waals surface area (Å²) in [5, 5.41) is 6.36. The van der Waals surface area contributed by atoms with Crippen LogP contribution in [0.25, 0.3) is 0 Å². The van der Waals surface area contributed by atoms with Crippen molar-refractivity contribution in [3.63, 3.8) is 0 Å². The second kappa shape index (κ2) is 10.2. The summed E-state index contributed by atoms with van der Waals surface area (Å²) in [4.78, 5) is 4.18. The van der Waals surface area contributed by atoms with Crippen LogP contribution in [-0.2, 0) is 10.0 Å². The van der Waals surface area contributed by atoms with Crippen LogP contribution >= 0.6 is 24.0 Å². The minimum atomic E-state index is -3.18. The lowest BCUT2D eigenvalue weighted by Gasteiger charge is -2.23. The van der Waals surface area contributed by atoms with Gasteiger partial charge in [-0.25, -0.2) is 8.42 Å². The SMILES string of the molecule is CN=C(NC[C@H]1CCCN1S(C)(=O)=O)Nc1ccc(OC)c(OC)c1.I. The van der Waals surface area contributed by atoms with Gasteiger partial charge in [-0.05, 0) is 25.0 Å². The van der Waals surface area contributed by atoms with E-state index in [0.29, 0.717) is 30.5 Å². The van der Waals surface area contributed by atoms with Gasteiger partial charge in [0.15, 0.2) is 17.5 Å². The zero-order chi connectivity index (χ0) is 18.4. The molecule has 0 spiro atoms. The highest BCUT2D eigenvalue weighted by molar-refractivity contribution is 14.0. The van der Waals surface area contributed by atoms with Gasteiger partial charge in [0, 0.05) is 37.9 Å². The number of ether oxygens (including phenoxy) is 2. The number of anilines is 1. The van der Waals surface area contributed by atoms with Gasteiger partial charge < -0.3 is 20.1 Å². The number of halogens is 1. The normalized spacial score (nSPS) is 18.2. The van der Waals surface area contributed by atoms with Crippen molar-refractivity contribution in [1.82, 2.24) is 9.62 Å². The van der Waals surface area contributed by atoms with Crippen LogP contribution in [0.15, 0.2) is 23.2 Å². The predicted molar refractivity (Wildman–Crippen MR) is 115 cm³/mol. The highest BCUT2D eigenvalue weighted by Crippen LogP contribution is 2.29. The molecule has 0 unspecified atom stereocenters. The maximum atomic E-state index is 11.8. The zero-order valence-electron chi connectivity index (χ0n) is 15.5. The highest BCUT2D eigenvalue weighted by Gasteiger charge is 2.31. The molecule has 0 radical (unpaired) electrons. The molecule has 10 heteroatoms. The molecule has 2 N–H and O–H groups in total. The smallest absolute Gasteiger partial charge is 0.211 e. The number of nitrogens with one attached hydrogen (secondary N) is 2. The van der Waals surface area contributed by atoms with Crippen LogP contribution in [0.4, 0.5) is 5.69 Å². The number of hydrogen-bond donors (Lipinski definition) is 2. The van der Waals surface area contributed by atoms with E-state index in [-0.39, 0.29) is 30.0 Å². The van der Waals surface area contributed by atoms with Crippen LogP contribution in [-0.4, -0.2) is 65.3 Å². The third-order valence-corrected chi connectivity index (χ3v) is 5.46. The third kappa shape index (κ3) is 5.88. The van der Waals surface area contributed by atoms with Crippen LogP contribution in [0.3, 0.4) is 0 Å². The first-order valence-corrected chi connectivity index (χ1v) is 9.90. The minimum absolute atomic E-state index is 0. The van der Waals surface area contributed by atoms with Crippen molar-refractivity contribution in [2.24, 2.45) is 4.99 Å². The van der Waals surface area contributed by atoms with Crippen LogP contribution in [0.1, 0.15) is 12.8 Å². The van der Waals surface area contributed by atoms with Gasteiger partial charge in [0.1, 0.15) is 0 Å². The Morgan fingerprint density at radius 3 is 2.58 bits per heavy atom. The molecule has 0 amide bonds. The lowest BCUT2D eigenvalue weighted by Crippen LogP contribution is -2.44. The molecular formula is C16H27IN4O4S. The second-order valence-corrected chi connectivity index (χ2v) is 7.75. The summed E-state index contributed by atoms with van der Waals surface area (Å²) in [5.74, 6) is 1.82. The molecular weight excluding hydrogens is 471 g/mol. The second-order valence-electron chi connectivity index (χ2n) is 5.82. The fourth-order valence-electron chi connectivity index (χ4n) is 2.89.